The van der Waals surface area contributed by atoms with E-state index in [0.29, 0.717) is 16.7 Å². The molecule has 0 saturated heterocycles. The van der Waals surface area contributed by atoms with Crippen LogP contribution in [-0.2, 0) is 18.5 Å². The number of rotatable bonds is 6. The molecule has 0 amide bonds. The lowest BCUT2D eigenvalue weighted by molar-refractivity contribution is -0.0494. The molecule has 146 valence electrons. The molecule has 0 atom stereocenters. The second-order valence-electron chi connectivity index (χ2n) is 5.83. The molecule has 0 unspecified atom stereocenters. The fourth-order valence-corrected chi connectivity index (χ4v) is 4.57. The van der Waals surface area contributed by atoms with Gasteiger partial charge in [-0.3, -0.25) is 0 Å². The van der Waals surface area contributed by atoms with Crippen LogP contribution in [0.15, 0.2) is 91.0 Å². The van der Waals surface area contributed by atoms with Gasteiger partial charge in [0.15, 0.2) is 0 Å². The summed E-state index contributed by atoms with van der Waals surface area (Å²) in [6.07, 6.45) is 0. The van der Waals surface area contributed by atoms with E-state index in [9.17, 15) is 21.6 Å². The van der Waals surface area contributed by atoms with Crippen LogP contribution in [0.4, 0.5) is 13.2 Å². The van der Waals surface area contributed by atoms with Crippen LogP contribution in [0.25, 0.3) is 0 Å². The third-order valence-corrected chi connectivity index (χ3v) is 6.59. The summed E-state index contributed by atoms with van der Waals surface area (Å²) in [6.45, 7) is 0. The Morgan fingerprint density at radius 2 is 0.964 bits per heavy atom. The van der Waals surface area contributed by atoms with E-state index < -0.39 is 20.4 Å². The lowest BCUT2D eigenvalue weighted by atomic mass is 9.84. The highest BCUT2D eigenvalue weighted by molar-refractivity contribution is 8.05. The first-order valence-corrected chi connectivity index (χ1v) is 10.3. The summed E-state index contributed by atoms with van der Waals surface area (Å²) in [5.74, 6) is 0. The Bertz CT molecular complexity index is 910. The molecule has 0 radical (unpaired) electrons. The highest BCUT2D eigenvalue weighted by Crippen LogP contribution is 2.50. The molecule has 3 nitrogen and oxygen atoms in total. The zero-order chi connectivity index (χ0) is 20.3. The maximum Gasteiger partial charge on any atom is 0.524 e. The van der Waals surface area contributed by atoms with Crippen molar-refractivity contribution in [3.8, 4) is 0 Å². The Morgan fingerprint density at radius 3 is 1.25 bits per heavy atom. The summed E-state index contributed by atoms with van der Waals surface area (Å²) >= 11 is 0.254. The normalized spacial score (nSPS) is 12.7. The van der Waals surface area contributed by atoms with Crippen molar-refractivity contribution in [1.82, 2.24) is 0 Å². The fourth-order valence-electron chi connectivity index (χ4n) is 2.80. The van der Waals surface area contributed by atoms with Gasteiger partial charge in [0.25, 0.3) is 0 Å². The van der Waals surface area contributed by atoms with Crippen LogP contribution < -0.4 is 0 Å². The van der Waals surface area contributed by atoms with Crippen molar-refractivity contribution in [3.05, 3.63) is 108 Å². The zero-order valence-electron chi connectivity index (χ0n) is 14.3. The molecule has 8 heteroatoms. The monoisotopic (exact) mass is 424 g/mol. The summed E-state index contributed by atoms with van der Waals surface area (Å²) in [4.78, 5) is 0. The second kappa shape index (κ2) is 7.98. The summed E-state index contributed by atoms with van der Waals surface area (Å²) in [5.41, 5.74) is -3.78. The van der Waals surface area contributed by atoms with Gasteiger partial charge in [-0.05, 0) is 16.7 Å². The molecule has 0 spiro atoms. The van der Waals surface area contributed by atoms with Crippen molar-refractivity contribution in [1.29, 1.82) is 0 Å². The van der Waals surface area contributed by atoms with E-state index in [0.717, 1.165) is 0 Å². The first kappa shape index (κ1) is 20.4. The van der Waals surface area contributed by atoms with Crippen LogP contribution in [0.3, 0.4) is 0 Å². The molecule has 3 aromatic carbocycles. The van der Waals surface area contributed by atoms with E-state index in [1.807, 2.05) is 0 Å². The van der Waals surface area contributed by atoms with Crippen LogP contribution in [-0.4, -0.2) is 13.9 Å². The quantitative estimate of drug-likeness (QED) is 0.298. The van der Waals surface area contributed by atoms with Gasteiger partial charge in [0.1, 0.15) is 4.75 Å². The topological polar surface area (TPSA) is 43.4 Å². The minimum Gasteiger partial charge on any atom is -0.189 e. The average Bonchev–Trinajstić information content (AvgIpc) is 2.70. The summed E-state index contributed by atoms with van der Waals surface area (Å²) in [5, 5.41) is 0. The largest absolute Gasteiger partial charge is 0.524 e. The molecule has 0 bridgehead atoms. The molecule has 28 heavy (non-hydrogen) atoms. The van der Waals surface area contributed by atoms with Gasteiger partial charge in [-0.2, -0.15) is 25.2 Å². The smallest absolute Gasteiger partial charge is 0.189 e. The number of hydrogen-bond donors (Lipinski definition) is 0. The van der Waals surface area contributed by atoms with E-state index in [-0.39, 0.29) is 12.0 Å². The highest BCUT2D eigenvalue weighted by Gasteiger charge is 2.50. The molecule has 0 fully saturated rings. The fraction of sp³-hybridized carbons (Fsp3) is 0.100. The maximum absolute atomic E-state index is 12.9. The van der Waals surface area contributed by atoms with E-state index in [1.165, 1.54) is 0 Å². The van der Waals surface area contributed by atoms with Crippen LogP contribution in [0.2, 0.25) is 0 Å². The van der Waals surface area contributed by atoms with Crippen molar-refractivity contribution in [2.75, 3.05) is 0 Å². The van der Waals surface area contributed by atoms with Gasteiger partial charge in [-0.1, -0.05) is 91.0 Å². The van der Waals surface area contributed by atoms with Crippen LogP contribution >= 0.6 is 12.0 Å². The third-order valence-electron chi connectivity index (χ3n) is 4.07. The van der Waals surface area contributed by atoms with Crippen LogP contribution in [0.5, 0.6) is 0 Å². The lowest BCUT2D eigenvalue weighted by Gasteiger charge is -2.33. The Balaban J connectivity index is 2.23. The number of halogens is 3. The SMILES string of the molecule is O=S(=O)(OSC(c1ccccc1)(c1ccccc1)c1ccccc1)C(F)(F)F. The van der Waals surface area contributed by atoms with E-state index >= 15 is 0 Å². The third kappa shape index (κ3) is 3.94. The van der Waals surface area contributed by atoms with Gasteiger partial charge in [-0.15, -0.1) is 0 Å². The number of benzene rings is 3. The molecule has 0 aliphatic rings. The van der Waals surface area contributed by atoms with Crippen molar-refractivity contribution < 1.29 is 25.2 Å². The van der Waals surface area contributed by atoms with Crippen molar-refractivity contribution in [2.24, 2.45) is 0 Å². The molecular weight excluding hydrogens is 409 g/mol. The summed E-state index contributed by atoms with van der Waals surface area (Å²) < 4.78 is 65.1. The predicted octanol–water partition coefficient (Wildman–Crippen LogP) is 5.49. The van der Waals surface area contributed by atoms with Crippen LogP contribution in [0, 0.1) is 0 Å². The Hall–Kier alpha value is -2.29. The maximum atomic E-state index is 12.9. The molecule has 0 saturated carbocycles. The van der Waals surface area contributed by atoms with Gasteiger partial charge < -0.3 is 0 Å². The molecule has 0 heterocycles. The number of hydrogen-bond acceptors (Lipinski definition) is 4. The number of alkyl halides is 3. The Labute approximate surface area is 165 Å². The summed E-state index contributed by atoms with van der Waals surface area (Å²) in [6, 6.07) is 26.0. The van der Waals surface area contributed by atoms with Crippen molar-refractivity contribution in [2.45, 2.75) is 10.3 Å². The van der Waals surface area contributed by atoms with E-state index in [2.05, 4.69) is 3.63 Å². The zero-order valence-corrected chi connectivity index (χ0v) is 16.0. The van der Waals surface area contributed by atoms with Gasteiger partial charge in [0.05, 0.1) is 0 Å². The van der Waals surface area contributed by atoms with Crippen molar-refractivity contribution >= 4 is 22.2 Å². The van der Waals surface area contributed by atoms with Crippen molar-refractivity contribution in [3.63, 3.8) is 0 Å². The molecule has 3 aromatic rings. The lowest BCUT2D eigenvalue weighted by Crippen LogP contribution is -2.30. The molecule has 0 aliphatic heterocycles. The first-order chi connectivity index (χ1) is 13.3. The Kier molecular flexibility index (Phi) is 5.83. The van der Waals surface area contributed by atoms with Gasteiger partial charge in [-0.25, -0.2) is 0 Å². The average molecular weight is 424 g/mol. The van der Waals surface area contributed by atoms with Gasteiger partial charge in [0, 0.05) is 12.0 Å². The first-order valence-electron chi connectivity index (χ1n) is 8.12. The molecule has 0 aliphatic carbocycles. The highest BCUT2D eigenvalue weighted by atomic mass is 32.3. The second-order valence-corrected chi connectivity index (χ2v) is 8.53. The Morgan fingerprint density at radius 1 is 0.643 bits per heavy atom. The van der Waals surface area contributed by atoms with Gasteiger partial charge in [0.2, 0.25) is 0 Å². The minimum absolute atomic E-state index is 0.254. The van der Waals surface area contributed by atoms with Gasteiger partial charge >= 0.3 is 15.6 Å². The molecule has 0 aromatic heterocycles. The van der Waals surface area contributed by atoms with Crippen LogP contribution in [0.1, 0.15) is 16.7 Å². The molecule has 3 rings (SSSR count). The standard InChI is InChI=1S/C20H15F3O3S2/c21-20(22,23)28(24,25)26-27-19(16-10-4-1-5-11-16,17-12-6-2-7-13-17)18-14-8-3-9-15-18/h1-15H. The van der Waals surface area contributed by atoms with E-state index in [1.54, 1.807) is 91.0 Å². The molecule has 0 N–H and O–H groups in total. The van der Waals surface area contributed by atoms with E-state index in [4.69, 9.17) is 0 Å². The summed E-state index contributed by atoms with van der Waals surface area (Å²) in [7, 11) is -5.79. The minimum atomic E-state index is -5.79. The molecular formula is C20H15F3O3S2. The predicted molar refractivity (Wildman–Crippen MR) is 103 cm³/mol.